The van der Waals surface area contributed by atoms with E-state index in [4.69, 9.17) is 5.73 Å². The standard InChI is InChI=1S/C9H20N2/c1-7(2)6-11-9-5-3-4-8(9)10/h7-9,11H,3-6,10H2,1-2H3/t8-,9-/m1/s1. The van der Waals surface area contributed by atoms with E-state index in [2.05, 4.69) is 19.2 Å². The molecule has 2 nitrogen and oxygen atoms in total. The Morgan fingerprint density at radius 1 is 1.45 bits per heavy atom. The normalized spacial score (nSPS) is 31.6. The Labute approximate surface area is 69.5 Å². The van der Waals surface area contributed by atoms with Crippen molar-refractivity contribution in [2.45, 2.75) is 45.2 Å². The summed E-state index contributed by atoms with van der Waals surface area (Å²) in [6.45, 7) is 5.57. The minimum atomic E-state index is 0.411. The predicted octanol–water partition coefficient (Wildman–Crippen LogP) is 1.11. The van der Waals surface area contributed by atoms with Crippen LogP contribution in [-0.2, 0) is 0 Å². The first-order valence-corrected chi connectivity index (χ1v) is 4.69. The molecule has 0 spiro atoms. The largest absolute Gasteiger partial charge is 0.326 e. The molecule has 66 valence electrons. The predicted molar refractivity (Wildman–Crippen MR) is 48.5 cm³/mol. The summed E-state index contributed by atoms with van der Waals surface area (Å²) in [4.78, 5) is 0. The van der Waals surface area contributed by atoms with Gasteiger partial charge >= 0.3 is 0 Å². The minimum absolute atomic E-state index is 0.411. The molecular formula is C9H20N2. The first-order chi connectivity index (χ1) is 5.20. The summed E-state index contributed by atoms with van der Waals surface area (Å²) in [5.41, 5.74) is 5.90. The fraction of sp³-hybridized carbons (Fsp3) is 1.00. The SMILES string of the molecule is CC(C)CN[C@@H]1CCC[C@H]1N. The van der Waals surface area contributed by atoms with Crippen LogP contribution in [0.5, 0.6) is 0 Å². The molecule has 2 heteroatoms. The van der Waals surface area contributed by atoms with Crippen LogP contribution >= 0.6 is 0 Å². The zero-order chi connectivity index (χ0) is 8.27. The van der Waals surface area contributed by atoms with Crippen molar-refractivity contribution in [2.75, 3.05) is 6.54 Å². The summed E-state index contributed by atoms with van der Waals surface area (Å²) in [5.74, 6) is 0.739. The molecule has 0 amide bonds. The summed E-state index contributed by atoms with van der Waals surface area (Å²) in [5, 5.41) is 3.51. The molecule has 0 aromatic rings. The lowest BCUT2D eigenvalue weighted by atomic mass is 10.1. The molecule has 11 heavy (non-hydrogen) atoms. The van der Waals surface area contributed by atoms with E-state index in [1.165, 1.54) is 19.3 Å². The molecule has 0 heterocycles. The zero-order valence-electron chi connectivity index (χ0n) is 7.64. The average Bonchev–Trinajstić information content (AvgIpc) is 2.31. The lowest BCUT2D eigenvalue weighted by Crippen LogP contribution is -2.42. The highest BCUT2D eigenvalue weighted by Crippen LogP contribution is 2.16. The van der Waals surface area contributed by atoms with Crippen molar-refractivity contribution in [2.24, 2.45) is 11.7 Å². The van der Waals surface area contributed by atoms with Gasteiger partial charge in [-0.2, -0.15) is 0 Å². The van der Waals surface area contributed by atoms with Gasteiger partial charge in [0.1, 0.15) is 0 Å². The first-order valence-electron chi connectivity index (χ1n) is 4.69. The van der Waals surface area contributed by atoms with Crippen LogP contribution < -0.4 is 11.1 Å². The zero-order valence-corrected chi connectivity index (χ0v) is 7.64. The first kappa shape index (κ1) is 9.01. The maximum atomic E-state index is 5.90. The van der Waals surface area contributed by atoms with Gasteiger partial charge in [0.2, 0.25) is 0 Å². The monoisotopic (exact) mass is 156 g/mol. The number of rotatable bonds is 3. The Morgan fingerprint density at radius 3 is 2.64 bits per heavy atom. The van der Waals surface area contributed by atoms with Crippen LogP contribution in [0.15, 0.2) is 0 Å². The quantitative estimate of drug-likeness (QED) is 0.642. The van der Waals surface area contributed by atoms with E-state index >= 15 is 0 Å². The third kappa shape index (κ3) is 2.80. The van der Waals surface area contributed by atoms with Crippen LogP contribution in [0.3, 0.4) is 0 Å². The van der Waals surface area contributed by atoms with Crippen LogP contribution in [0.4, 0.5) is 0 Å². The lowest BCUT2D eigenvalue weighted by molar-refractivity contribution is 0.438. The highest BCUT2D eigenvalue weighted by atomic mass is 15.0. The summed E-state index contributed by atoms with van der Waals surface area (Å²) in [6, 6.07) is 1.01. The van der Waals surface area contributed by atoms with Crippen LogP contribution in [0, 0.1) is 5.92 Å². The van der Waals surface area contributed by atoms with E-state index in [0.717, 1.165) is 12.5 Å². The fourth-order valence-corrected chi connectivity index (χ4v) is 1.63. The third-order valence-corrected chi connectivity index (χ3v) is 2.36. The topological polar surface area (TPSA) is 38.0 Å². The van der Waals surface area contributed by atoms with E-state index in [0.29, 0.717) is 12.1 Å². The van der Waals surface area contributed by atoms with Crippen LogP contribution in [0.25, 0.3) is 0 Å². The summed E-state index contributed by atoms with van der Waals surface area (Å²) in [7, 11) is 0. The maximum absolute atomic E-state index is 5.90. The molecule has 1 rings (SSSR count). The third-order valence-electron chi connectivity index (χ3n) is 2.36. The highest BCUT2D eigenvalue weighted by molar-refractivity contribution is 4.85. The van der Waals surface area contributed by atoms with E-state index in [9.17, 15) is 0 Å². The Bertz CT molecular complexity index is 112. The molecule has 0 saturated heterocycles. The van der Waals surface area contributed by atoms with Gasteiger partial charge in [-0.25, -0.2) is 0 Å². The van der Waals surface area contributed by atoms with Crippen molar-refractivity contribution >= 4 is 0 Å². The summed E-state index contributed by atoms with van der Waals surface area (Å²) >= 11 is 0. The summed E-state index contributed by atoms with van der Waals surface area (Å²) < 4.78 is 0. The minimum Gasteiger partial charge on any atom is -0.326 e. The van der Waals surface area contributed by atoms with Gasteiger partial charge in [0.25, 0.3) is 0 Å². The molecule has 2 atom stereocenters. The van der Waals surface area contributed by atoms with Crippen molar-refractivity contribution in [3.8, 4) is 0 Å². The fourth-order valence-electron chi connectivity index (χ4n) is 1.63. The smallest absolute Gasteiger partial charge is 0.0219 e. The van der Waals surface area contributed by atoms with Crippen molar-refractivity contribution in [3.63, 3.8) is 0 Å². The Balaban J connectivity index is 2.15. The number of hydrogen-bond acceptors (Lipinski definition) is 2. The van der Waals surface area contributed by atoms with Crippen LogP contribution in [-0.4, -0.2) is 18.6 Å². The van der Waals surface area contributed by atoms with Gasteiger partial charge < -0.3 is 11.1 Å². The van der Waals surface area contributed by atoms with Gasteiger partial charge in [0.05, 0.1) is 0 Å². The second-order valence-electron chi connectivity index (χ2n) is 4.00. The van der Waals surface area contributed by atoms with Gasteiger partial charge in [0, 0.05) is 12.1 Å². The Hall–Kier alpha value is -0.0800. The molecule has 0 bridgehead atoms. The molecule has 1 fully saturated rings. The molecule has 1 aliphatic carbocycles. The average molecular weight is 156 g/mol. The second-order valence-corrected chi connectivity index (χ2v) is 4.00. The molecule has 1 saturated carbocycles. The molecule has 0 aliphatic heterocycles. The Morgan fingerprint density at radius 2 is 2.18 bits per heavy atom. The van der Waals surface area contributed by atoms with Gasteiger partial charge in [-0.1, -0.05) is 20.3 Å². The molecule has 1 aliphatic rings. The number of nitrogens with one attached hydrogen (secondary N) is 1. The molecule has 0 aromatic carbocycles. The van der Waals surface area contributed by atoms with E-state index in [1.54, 1.807) is 0 Å². The van der Waals surface area contributed by atoms with Gasteiger partial charge in [0.15, 0.2) is 0 Å². The van der Waals surface area contributed by atoms with Crippen molar-refractivity contribution < 1.29 is 0 Å². The van der Waals surface area contributed by atoms with Crippen molar-refractivity contribution in [1.29, 1.82) is 0 Å². The lowest BCUT2D eigenvalue weighted by Gasteiger charge is -2.18. The number of hydrogen-bond donors (Lipinski definition) is 2. The molecule has 0 aromatic heterocycles. The maximum Gasteiger partial charge on any atom is 0.0219 e. The van der Waals surface area contributed by atoms with E-state index in [1.807, 2.05) is 0 Å². The molecule has 3 N–H and O–H groups in total. The molecule has 0 radical (unpaired) electrons. The van der Waals surface area contributed by atoms with E-state index < -0.39 is 0 Å². The van der Waals surface area contributed by atoms with Crippen molar-refractivity contribution in [3.05, 3.63) is 0 Å². The summed E-state index contributed by atoms with van der Waals surface area (Å²) in [6.07, 6.45) is 3.78. The second kappa shape index (κ2) is 4.07. The van der Waals surface area contributed by atoms with Gasteiger partial charge in [-0.3, -0.25) is 0 Å². The van der Waals surface area contributed by atoms with Crippen molar-refractivity contribution in [1.82, 2.24) is 5.32 Å². The van der Waals surface area contributed by atoms with Gasteiger partial charge in [-0.05, 0) is 25.3 Å². The van der Waals surface area contributed by atoms with E-state index in [-0.39, 0.29) is 0 Å². The molecule has 0 unspecified atom stereocenters. The number of nitrogens with two attached hydrogens (primary N) is 1. The highest BCUT2D eigenvalue weighted by Gasteiger charge is 2.22. The molecular weight excluding hydrogens is 136 g/mol. The van der Waals surface area contributed by atoms with Gasteiger partial charge in [-0.15, -0.1) is 0 Å². The van der Waals surface area contributed by atoms with Crippen LogP contribution in [0.2, 0.25) is 0 Å². The van der Waals surface area contributed by atoms with Crippen LogP contribution in [0.1, 0.15) is 33.1 Å². The Kier molecular flexibility index (Phi) is 3.34.